The third kappa shape index (κ3) is 1.86. The van der Waals surface area contributed by atoms with Gasteiger partial charge in [0.15, 0.2) is 0 Å². The minimum absolute atomic E-state index is 0.0146. The first-order valence-electron chi connectivity index (χ1n) is 8.54. The van der Waals surface area contributed by atoms with E-state index >= 15 is 0 Å². The predicted molar refractivity (Wildman–Crippen MR) is 93.3 cm³/mol. The van der Waals surface area contributed by atoms with Gasteiger partial charge >= 0.3 is 0 Å². The fraction of sp³-hybridized carbons (Fsp3) is 0.400. The number of imide groups is 1. The second-order valence-electron chi connectivity index (χ2n) is 7.42. The Morgan fingerprint density at radius 1 is 1.04 bits per heavy atom. The van der Waals surface area contributed by atoms with Crippen molar-refractivity contribution >= 4 is 22.7 Å². The number of amides is 2. The van der Waals surface area contributed by atoms with E-state index in [0.717, 1.165) is 16.5 Å². The number of aromatic amines is 1. The molecule has 1 aliphatic carbocycles. The molecule has 2 aliphatic rings. The van der Waals surface area contributed by atoms with Crippen molar-refractivity contribution in [3.63, 3.8) is 0 Å². The van der Waals surface area contributed by atoms with Gasteiger partial charge in [0.1, 0.15) is 0 Å². The van der Waals surface area contributed by atoms with Crippen molar-refractivity contribution in [3.8, 4) is 0 Å². The van der Waals surface area contributed by atoms with Gasteiger partial charge in [-0.05, 0) is 44.7 Å². The van der Waals surface area contributed by atoms with Crippen LogP contribution in [0.2, 0.25) is 0 Å². The molecule has 0 bridgehead atoms. The highest BCUT2D eigenvalue weighted by Crippen LogP contribution is 2.54. The van der Waals surface area contributed by atoms with Gasteiger partial charge in [0.2, 0.25) is 11.8 Å². The predicted octanol–water partition coefficient (Wildman–Crippen LogP) is 3.44. The molecule has 1 aliphatic heterocycles. The standard InChI is InChI=1S/C20H22N2O2/c1-19-10-5-6-11-20(19,2)18(24)22(17(19)23)12-9-14-13-21-16-8-4-3-7-15(14)16/h3-8,13,21H,9-12H2,1-2H3/t19-,20+. The van der Waals surface area contributed by atoms with Crippen LogP contribution < -0.4 is 0 Å². The number of likely N-dealkylation sites (tertiary alicyclic amines) is 1. The fourth-order valence-corrected chi connectivity index (χ4v) is 4.20. The number of carbonyl (C=O) groups is 2. The lowest BCUT2D eigenvalue weighted by atomic mass is 9.61. The van der Waals surface area contributed by atoms with Crippen LogP contribution in [-0.2, 0) is 16.0 Å². The number of benzene rings is 1. The highest BCUT2D eigenvalue weighted by molar-refractivity contribution is 6.09. The molecule has 4 heteroatoms. The van der Waals surface area contributed by atoms with E-state index in [0.29, 0.717) is 25.8 Å². The quantitative estimate of drug-likeness (QED) is 0.695. The molecule has 1 aromatic heterocycles. The number of fused-ring (bicyclic) bond motifs is 2. The van der Waals surface area contributed by atoms with E-state index < -0.39 is 10.8 Å². The van der Waals surface area contributed by atoms with E-state index in [1.54, 1.807) is 0 Å². The van der Waals surface area contributed by atoms with E-state index in [1.165, 1.54) is 4.90 Å². The van der Waals surface area contributed by atoms with Gasteiger partial charge in [-0.2, -0.15) is 0 Å². The maximum atomic E-state index is 13.0. The maximum Gasteiger partial charge on any atom is 0.236 e. The van der Waals surface area contributed by atoms with Gasteiger partial charge in [-0.25, -0.2) is 0 Å². The molecule has 1 saturated heterocycles. The van der Waals surface area contributed by atoms with Crippen LogP contribution in [0, 0.1) is 10.8 Å². The molecule has 4 rings (SSSR count). The fourth-order valence-electron chi connectivity index (χ4n) is 4.20. The van der Waals surface area contributed by atoms with Crippen molar-refractivity contribution in [2.75, 3.05) is 6.54 Å². The summed E-state index contributed by atoms with van der Waals surface area (Å²) in [5.74, 6) is -0.0293. The average molecular weight is 322 g/mol. The molecule has 0 unspecified atom stereocenters. The molecule has 2 amide bonds. The number of hydrogen-bond donors (Lipinski definition) is 1. The number of para-hydroxylation sites is 1. The van der Waals surface area contributed by atoms with Gasteiger partial charge in [-0.3, -0.25) is 14.5 Å². The first-order chi connectivity index (χ1) is 11.5. The van der Waals surface area contributed by atoms with Crippen molar-refractivity contribution in [1.29, 1.82) is 0 Å². The second-order valence-corrected chi connectivity index (χ2v) is 7.42. The van der Waals surface area contributed by atoms with Crippen LogP contribution in [0.5, 0.6) is 0 Å². The van der Waals surface area contributed by atoms with Gasteiger partial charge in [0, 0.05) is 23.6 Å². The highest BCUT2D eigenvalue weighted by atomic mass is 16.2. The van der Waals surface area contributed by atoms with Gasteiger partial charge in [0.05, 0.1) is 10.8 Å². The molecule has 2 atom stereocenters. The third-order valence-electron chi connectivity index (χ3n) is 6.15. The lowest BCUT2D eigenvalue weighted by Crippen LogP contribution is -2.41. The molecule has 0 radical (unpaired) electrons. The molecule has 1 N–H and O–H groups in total. The van der Waals surface area contributed by atoms with Crippen LogP contribution in [0.3, 0.4) is 0 Å². The summed E-state index contributed by atoms with van der Waals surface area (Å²) in [5, 5.41) is 1.16. The highest BCUT2D eigenvalue weighted by Gasteiger charge is 2.63. The molecule has 2 heterocycles. The zero-order chi connectivity index (χ0) is 16.9. The summed E-state index contributed by atoms with van der Waals surface area (Å²) in [6.07, 6.45) is 8.04. The van der Waals surface area contributed by atoms with Crippen molar-refractivity contribution in [2.45, 2.75) is 33.1 Å². The largest absolute Gasteiger partial charge is 0.361 e. The second kappa shape index (κ2) is 5.07. The summed E-state index contributed by atoms with van der Waals surface area (Å²) in [4.78, 5) is 30.7. The molecule has 0 saturated carbocycles. The SMILES string of the molecule is C[C@@]12CC=CC[C@]1(C)C(=O)N(CCc1c[nH]c3ccccc13)C2=O. The Morgan fingerprint density at radius 3 is 2.33 bits per heavy atom. The number of rotatable bonds is 3. The van der Waals surface area contributed by atoms with E-state index in [1.807, 2.05) is 50.4 Å². The van der Waals surface area contributed by atoms with Gasteiger partial charge in [-0.15, -0.1) is 0 Å². The summed E-state index contributed by atoms with van der Waals surface area (Å²) in [7, 11) is 0. The van der Waals surface area contributed by atoms with E-state index in [4.69, 9.17) is 0 Å². The monoisotopic (exact) mass is 322 g/mol. The van der Waals surface area contributed by atoms with Crippen LogP contribution in [0.4, 0.5) is 0 Å². The Morgan fingerprint density at radius 2 is 1.67 bits per heavy atom. The Balaban J connectivity index is 1.59. The summed E-state index contributed by atoms with van der Waals surface area (Å²) in [6.45, 7) is 4.34. The van der Waals surface area contributed by atoms with Gasteiger partial charge in [0.25, 0.3) is 0 Å². The summed E-state index contributed by atoms with van der Waals surface area (Å²) in [6, 6.07) is 8.11. The third-order valence-corrected chi connectivity index (χ3v) is 6.15. The van der Waals surface area contributed by atoms with Gasteiger partial charge in [-0.1, -0.05) is 30.4 Å². The van der Waals surface area contributed by atoms with E-state index in [9.17, 15) is 9.59 Å². The summed E-state index contributed by atoms with van der Waals surface area (Å²) >= 11 is 0. The number of nitrogens with one attached hydrogen (secondary N) is 1. The number of allylic oxidation sites excluding steroid dienone is 2. The maximum absolute atomic E-state index is 13.0. The number of nitrogens with zero attached hydrogens (tertiary/aromatic N) is 1. The average Bonchev–Trinajstić information content (AvgIpc) is 3.06. The van der Waals surface area contributed by atoms with Crippen LogP contribution >= 0.6 is 0 Å². The zero-order valence-corrected chi connectivity index (χ0v) is 14.1. The molecule has 1 fully saturated rings. The normalized spacial score (nSPS) is 29.5. The van der Waals surface area contributed by atoms with Crippen LogP contribution in [0.1, 0.15) is 32.3 Å². The van der Waals surface area contributed by atoms with E-state index in [-0.39, 0.29) is 11.8 Å². The summed E-state index contributed by atoms with van der Waals surface area (Å²) in [5.41, 5.74) is 1.04. The Labute approximate surface area is 141 Å². The molecule has 4 nitrogen and oxygen atoms in total. The molecule has 0 spiro atoms. The lowest BCUT2D eigenvalue weighted by molar-refractivity contribution is -0.141. The minimum atomic E-state index is -0.598. The van der Waals surface area contributed by atoms with Crippen molar-refractivity contribution in [3.05, 3.63) is 48.2 Å². The number of aromatic nitrogens is 1. The minimum Gasteiger partial charge on any atom is -0.361 e. The topological polar surface area (TPSA) is 53.2 Å². The van der Waals surface area contributed by atoms with Crippen molar-refractivity contribution < 1.29 is 9.59 Å². The molecule has 1 aromatic carbocycles. The number of carbonyl (C=O) groups excluding carboxylic acids is 2. The summed E-state index contributed by atoms with van der Waals surface area (Å²) < 4.78 is 0. The van der Waals surface area contributed by atoms with E-state index in [2.05, 4.69) is 11.1 Å². The van der Waals surface area contributed by atoms with Crippen molar-refractivity contribution in [2.24, 2.45) is 10.8 Å². The Hall–Kier alpha value is -2.36. The van der Waals surface area contributed by atoms with Crippen LogP contribution in [0.15, 0.2) is 42.6 Å². The van der Waals surface area contributed by atoms with Gasteiger partial charge < -0.3 is 4.98 Å². The zero-order valence-electron chi connectivity index (χ0n) is 14.1. The smallest absolute Gasteiger partial charge is 0.236 e. The first kappa shape index (κ1) is 15.2. The Bertz CT molecular complexity index is 833. The van der Waals surface area contributed by atoms with Crippen molar-refractivity contribution in [1.82, 2.24) is 9.88 Å². The lowest BCUT2D eigenvalue weighted by Gasteiger charge is -2.37. The molecule has 124 valence electrons. The molecule has 2 aromatic rings. The first-order valence-corrected chi connectivity index (χ1v) is 8.54. The van der Waals surface area contributed by atoms with Crippen LogP contribution in [0.25, 0.3) is 10.9 Å². The molecular formula is C20H22N2O2. The molecular weight excluding hydrogens is 300 g/mol. The number of H-pyrrole nitrogens is 1. The van der Waals surface area contributed by atoms with Crippen LogP contribution in [-0.4, -0.2) is 28.2 Å². The Kier molecular flexibility index (Phi) is 3.21. The molecule has 24 heavy (non-hydrogen) atoms. The number of hydrogen-bond acceptors (Lipinski definition) is 2.